The smallest absolute Gasteiger partial charge is 0.484 e. The molecule has 0 aliphatic carbocycles. The first-order valence-corrected chi connectivity index (χ1v) is 11.4. The monoisotopic (exact) mass is 528 g/mol. The molecule has 198 valence electrons. The fraction of sp³-hybridized carbons (Fsp3) is 0.240. The number of benzene rings is 2. The summed E-state index contributed by atoms with van der Waals surface area (Å²) in [6, 6.07) is 11.3. The van der Waals surface area contributed by atoms with E-state index in [1.54, 1.807) is 42.7 Å². The van der Waals surface area contributed by atoms with Crippen molar-refractivity contribution in [1.29, 1.82) is 0 Å². The Hall–Kier alpha value is -4.68. The van der Waals surface area contributed by atoms with Gasteiger partial charge in [-0.15, -0.1) is 0 Å². The van der Waals surface area contributed by atoms with Crippen molar-refractivity contribution in [2.45, 2.75) is 33.0 Å². The number of aromatic nitrogens is 4. The summed E-state index contributed by atoms with van der Waals surface area (Å²) < 4.78 is 43.1. The molecule has 1 amide bonds. The van der Waals surface area contributed by atoms with Crippen LogP contribution in [0.15, 0.2) is 54.9 Å². The van der Waals surface area contributed by atoms with E-state index in [0.29, 0.717) is 22.3 Å². The standard InChI is InChI=1S/C25H23F3N6O4/c1-14(2)34(38-24(36)25(26,27)28)22(35)13-37-18-6-4-5-16(10-18)23-29-8-7-21(32-23)31-19-11-17-12-30-33-20(17)9-15(19)3/h4-12,14H,13H2,1-3H3,(H,30,33)(H,29,31,32). The Morgan fingerprint density at radius 2 is 1.95 bits per heavy atom. The van der Waals surface area contributed by atoms with Crippen LogP contribution in [0.3, 0.4) is 0 Å². The van der Waals surface area contributed by atoms with E-state index in [-0.39, 0.29) is 5.75 Å². The van der Waals surface area contributed by atoms with Crippen molar-refractivity contribution in [3.05, 3.63) is 60.4 Å². The first-order valence-electron chi connectivity index (χ1n) is 11.4. The van der Waals surface area contributed by atoms with Crippen LogP contribution in [0.5, 0.6) is 5.75 Å². The summed E-state index contributed by atoms with van der Waals surface area (Å²) in [5.41, 5.74) is 3.32. The van der Waals surface area contributed by atoms with Gasteiger partial charge < -0.3 is 14.9 Å². The van der Waals surface area contributed by atoms with Crippen LogP contribution in [0, 0.1) is 6.92 Å². The molecule has 0 radical (unpaired) electrons. The zero-order valence-corrected chi connectivity index (χ0v) is 20.5. The van der Waals surface area contributed by atoms with Crippen molar-refractivity contribution in [3.63, 3.8) is 0 Å². The molecule has 0 atom stereocenters. The number of hydrogen-bond donors (Lipinski definition) is 2. The molecular weight excluding hydrogens is 505 g/mol. The van der Waals surface area contributed by atoms with E-state index in [1.165, 1.54) is 13.8 Å². The van der Waals surface area contributed by atoms with Crippen LogP contribution in [0.25, 0.3) is 22.3 Å². The Bertz CT molecular complexity index is 1470. The van der Waals surface area contributed by atoms with Gasteiger partial charge >= 0.3 is 12.1 Å². The Kier molecular flexibility index (Phi) is 7.46. The summed E-state index contributed by atoms with van der Waals surface area (Å²) in [6.07, 6.45) is -1.93. The predicted octanol–water partition coefficient (Wildman–Crippen LogP) is 4.71. The lowest BCUT2D eigenvalue weighted by Gasteiger charge is -2.25. The fourth-order valence-corrected chi connectivity index (χ4v) is 3.46. The number of nitrogens with zero attached hydrogens (tertiary/aromatic N) is 4. The van der Waals surface area contributed by atoms with Gasteiger partial charge in [-0.25, -0.2) is 14.8 Å². The molecular formula is C25H23F3N6O4. The molecule has 13 heteroatoms. The highest BCUT2D eigenvalue weighted by atomic mass is 19.4. The second-order valence-corrected chi connectivity index (χ2v) is 8.52. The number of hydrogen-bond acceptors (Lipinski definition) is 8. The average molecular weight is 528 g/mol. The van der Waals surface area contributed by atoms with Crippen molar-refractivity contribution < 1.29 is 32.3 Å². The average Bonchev–Trinajstić information content (AvgIpc) is 3.32. The molecule has 0 saturated carbocycles. The van der Waals surface area contributed by atoms with Crippen LogP contribution in [0.1, 0.15) is 19.4 Å². The molecule has 10 nitrogen and oxygen atoms in total. The van der Waals surface area contributed by atoms with E-state index < -0.39 is 30.7 Å². The number of nitrogens with one attached hydrogen (secondary N) is 2. The zero-order chi connectivity index (χ0) is 27.4. The number of amides is 1. The van der Waals surface area contributed by atoms with E-state index in [0.717, 1.165) is 22.2 Å². The summed E-state index contributed by atoms with van der Waals surface area (Å²) in [7, 11) is 0. The molecule has 4 aromatic rings. The number of H-pyrrole nitrogens is 1. The Morgan fingerprint density at radius 1 is 1.16 bits per heavy atom. The third-order valence-corrected chi connectivity index (χ3v) is 5.29. The molecule has 0 aliphatic rings. The minimum atomic E-state index is -5.24. The lowest BCUT2D eigenvalue weighted by Crippen LogP contribution is -2.44. The normalized spacial score (nSPS) is 11.4. The number of carbonyl (C=O) groups is 2. The molecule has 0 spiro atoms. The maximum absolute atomic E-state index is 12.5. The third-order valence-electron chi connectivity index (χ3n) is 5.29. The number of carbonyl (C=O) groups excluding carboxylic acids is 2. The van der Waals surface area contributed by atoms with Gasteiger partial charge in [-0.3, -0.25) is 9.89 Å². The van der Waals surface area contributed by atoms with Gasteiger partial charge in [-0.2, -0.15) is 23.3 Å². The minimum Gasteiger partial charge on any atom is -0.484 e. The van der Waals surface area contributed by atoms with Gasteiger partial charge in [0.15, 0.2) is 12.4 Å². The van der Waals surface area contributed by atoms with Crippen molar-refractivity contribution in [2.75, 3.05) is 11.9 Å². The second kappa shape index (κ2) is 10.7. The number of alkyl halides is 3. The Morgan fingerprint density at radius 3 is 2.68 bits per heavy atom. The number of aromatic amines is 1. The molecule has 0 aliphatic heterocycles. The van der Waals surface area contributed by atoms with Gasteiger partial charge in [0.05, 0.1) is 17.8 Å². The summed E-state index contributed by atoms with van der Waals surface area (Å²) in [4.78, 5) is 36.6. The molecule has 4 rings (SSSR count). The van der Waals surface area contributed by atoms with E-state index in [2.05, 4.69) is 30.3 Å². The molecule has 2 aromatic carbocycles. The number of fused-ring (bicyclic) bond motifs is 1. The Balaban J connectivity index is 1.46. The van der Waals surface area contributed by atoms with Crippen LogP contribution < -0.4 is 10.1 Å². The topological polar surface area (TPSA) is 122 Å². The maximum Gasteiger partial charge on any atom is 0.493 e. The van der Waals surface area contributed by atoms with Gasteiger partial charge in [-0.1, -0.05) is 12.1 Å². The summed E-state index contributed by atoms with van der Waals surface area (Å²) >= 11 is 0. The van der Waals surface area contributed by atoms with Gasteiger partial charge in [0.2, 0.25) is 0 Å². The number of halogens is 3. The lowest BCUT2D eigenvalue weighted by atomic mass is 10.1. The molecule has 0 unspecified atom stereocenters. The summed E-state index contributed by atoms with van der Waals surface area (Å²) in [6.45, 7) is 4.09. The maximum atomic E-state index is 12.5. The number of rotatable bonds is 7. The lowest BCUT2D eigenvalue weighted by molar-refractivity contribution is -0.242. The molecule has 0 saturated heterocycles. The third kappa shape index (κ3) is 6.17. The highest BCUT2D eigenvalue weighted by Crippen LogP contribution is 2.27. The van der Waals surface area contributed by atoms with Crippen LogP contribution in [0.4, 0.5) is 24.7 Å². The summed E-state index contributed by atoms with van der Waals surface area (Å²) in [5, 5.41) is 11.5. The van der Waals surface area contributed by atoms with E-state index in [4.69, 9.17) is 4.74 Å². The van der Waals surface area contributed by atoms with E-state index >= 15 is 0 Å². The fourth-order valence-electron chi connectivity index (χ4n) is 3.46. The quantitative estimate of drug-likeness (QED) is 0.331. The van der Waals surface area contributed by atoms with Crippen LogP contribution in [-0.4, -0.2) is 55.9 Å². The van der Waals surface area contributed by atoms with Gasteiger partial charge in [0, 0.05) is 22.8 Å². The molecule has 2 aromatic heterocycles. The van der Waals surface area contributed by atoms with Crippen LogP contribution in [0.2, 0.25) is 0 Å². The molecule has 2 heterocycles. The zero-order valence-electron chi connectivity index (χ0n) is 20.5. The minimum absolute atomic E-state index is 0.241. The van der Waals surface area contributed by atoms with Gasteiger partial charge in [-0.05, 0) is 56.7 Å². The highest BCUT2D eigenvalue weighted by molar-refractivity contribution is 5.85. The van der Waals surface area contributed by atoms with Crippen LogP contribution in [-0.2, 0) is 14.4 Å². The predicted molar refractivity (Wildman–Crippen MR) is 131 cm³/mol. The number of aryl methyl sites for hydroxylation is 1. The van der Waals surface area contributed by atoms with Crippen LogP contribution >= 0.6 is 0 Å². The molecule has 0 fully saturated rings. The van der Waals surface area contributed by atoms with Crippen molar-refractivity contribution >= 4 is 34.3 Å². The SMILES string of the molecule is Cc1cc2[nH]ncc2cc1Nc1ccnc(-c2cccc(OCC(=O)N(OC(=O)C(F)(F)F)C(C)C)c2)n1. The second-order valence-electron chi connectivity index (χ2n) is 8.52. The van der Waals surface area contributed by atoms with Crippen molar-refractivity contribution in [2.24, 2.45) is 0 Å². The van der Waals surface area contributed by atoms with Gasteiger partial charge in [0.25, 0.3) is 5.91 Å². The molecule has 38 heavy (non-hydrogen) atoms. The van der Waals surface area contributed by atoms with Crippen molar-refractivity contribution in [1.82, 2.24) is 25.2 Å². The first-order chi connectivity index (χ1) is 18.0. The first kappa shape index (κ1) is 26.4. The Labute approximate surface area is 214 Å². The number of hydroxylamine groups is 2. The van der Waals surface area contributed by atoms with E-state index in [9.17, 15) is 22.8 Å². The summed E-state index contributed by atoms with van der Waals surface area (Å²) in [5.74, 6) is -2.30. The largest absolute Gasteiger partial charge is 0.493 e. The molecule has 2 N–H and O–H groups in total. The van der Waals surface area contributed by atoms with Crippen molar-refractivity contribution in [3.8, 4) is 17.1 Å². The van der Waals surface area contributed by atoms with Gasteiger partial charge in [0.1, 0.15) is 11.6 Å². The van der Waals surface area contributed by atoms with E-state index in [1.807, 2.05) is 19.1 Å². The molecule has 0 bridgehead atoms. The number of anilines is 2. The number of ether oxygens (including phenoxy) is 1. The highest BCUT2D eigenvalue weighted by Gasteiger charge is 2.43.